The van der Waals surface area contributed by atoms with Crippen LogP contribution in [0.15, 0.2) is 0 Å². The average molecular weight is 191 g/mol. The molecule has 0 spiro atoms. The molecule has 0 bridgehead atoms. The molecule has 1 saturated heterocycles. The molecular formula is C11H17N3. The van der Waals surface area contributed by atoms with Gasteiger partial charge in [0.2, 0.25) is 0 Å². The molecule has 0 unspecified atom stereocenters. The number of hydrogen-bond acceptors (Lipinski definition) is 2. The van der Waals surface area contributed by atoms with Crippen molar-refractivity contribution in [3.05, 3.63) is 17.2 Å². The van der Waals surface area contributed by atoms with Gasteiger partial charge in [0.15, 0.2) is 0 Å². The maximum Gasteiger partial charge on any atom is 0.109 e. The molecule has 3 rings (SSSR count). The molecule has 2 aliphatic rings. The van der Waals surface area contributed by atoms with Gasteiger partial charge in [-0.1, -0.05) is 0 Å². The van der Waals surface area contributed by atoms with Crippen LogP contribution in [0.1, 0.15) is 42.4 Å². The highest BCUT2D eigenvalue weighted by Crippen LogP contribution is 2.27. The predicted molar refractivity (Wildman–Crippen MR) is 55.5 cm³/mol. The molecule has 1 aliphatic carbocycles. The predicted octanol–water partition coefficient (Wildman–Crippen LogP) is 1.37. The van der Waals surface area contributed by atoms with Crippen LogP contribution in [-0.4, -0.2) is 23.1 Å². The summed E-state index contributed by atoms with van der Waals surface area (Å²) in [7, 11) is 0. The number of piperidine rings is 1. The monoisotopic (exact) mass is 191 g/mol. The fourth-order valence-electron chi connectivity index (χ4n) is 2.60. The van der Waals surface area contributed by atoms with Crippen LogP contribution in [0.2, 0.25) is 0 Å². The summed E-state index contributed by atoms with van der Waals surface area (Å²) in [4.78, 5) is 8.26. The van der Waals surface area contributed by atoms with Crippen LogP contribution in [0, 0.1) is 0 Å². The first kappa shape index (κ1) is 8.48. The van der Waals surface area contributed by atoms with Crippen LogP contribution in [-0.2, 0) is 12.8 Å². The summed E-state index contributed by atoms with van der Waals surface area (Å²) in [5.74, 6) is 1.94. The fourth-order valence-corrected chi connectivity index (χ4v) is 2.60. The van der Waals surface area contributed by atoms with Crippen LogP contribution >= 0.6 is 0 Å². The number of aryl methyl sites for hydroxylation is 2. The molecule has 76 valence electrons. The van der Waals surface area contributed by atoms with E-state index in [1.165, 1.54) is 49.3 Å². The third-order valence-corrected chi connectivity index (χ3v) is 3.45. The minimum atomic E-state index is 0.682. The van der Waals surface area contributed by atoms with Crippen molar-refractivity contribution in [1.29, 1.82) is 0 Å². The van der Waals surface area contributed by atoms with Gasteiger partial charge >= 0.3 is 0 Å². The second kappa shape index (κ2) is 3.39. The summed E-state index contributed by atoms with van der Waals surface area (Å²) in [5.41, 5.74) is 2.76. The van der Waals surface area contributed by atoms with Gasteiger partial charge in [-0.3, -0.25) is 0 Å². The van der Waals surface area contributed by atoms with E-state index in [0.717, 1.165) is 13.1 Å². The molecule has 1 fully saturated rings. The largest absolute Gasteiger partial charge is 0.345 e. The van der Waals surface area contributed by atoms with Gasteiger partial charge in [0.05, 0.1) is 5.69 Å². The Morgan fingerprint density at radius 3 is 2.79 bits per heavy atom. The molecule has 1 aromatic heterocycles. The SMILES string of the molecule is C1Cc2nc(C3CCNCC3)[nH]c2C1. The normalized spacial score (nSPS) is 22.6. The molecule has 3 heteroatoms. The van der Waals surface area contributed by atoms with Crippen molar-refractivity contribution in [2.24, 2.45) is 0 Å². The topological polar surface area (TPSA) is 40.7 Å². The highest BCUT2D eigenvalue weighted by atomic mass is 15.0. The van der Waals surface area contributed by atoms with Gasteiger partial charge in [0.1, 0.15) is 5.82 Å². The standard InChI is InChI=1S/C11H17N3/c1-2-9-10(3-1)14-11(13-9)8-4-6-12-7-5-8/h8,12H,1-7H2,(H,13,14). The average Bonchev–Trinajstić information content (AvgIpc) is 2.78. The lowest BCUT2D eigenvalue weighted by atomic mass is 9.97. The third kappa shape index (κ3) is 1.36. The van der Waals surface area contributed by atoms with Crippen LogP contribution in [0.25, 0.3) is 0 Å². The number of H-pyrrole nitrogens is 1. The van der Waals surface area contributed by atoms with Crippen LogP contribution in [0.4, 0.5) is 0 Å². The Morgan fingerprint density at radius 2 is 2.00 bits per heavy atom. The summed E-state index contributed by atoms with van der Waals surface area (Å²) in [6.45, 7) is 2.30. The summed E-state index contributed by atoms with van der Waals surface area (Å²) in [6, 6.07) is 0. The molecule has 2 N–H and O–H groups in total. The first-order chi connectivity index (χ1) is 6.93. The molecule has 1 aromatic rings. The first-order valence-electron chi connectivity index (χ1n) is 5.72. The molecular weight excluding hydrogens is 174 g/mol. The van der Waals surface area contributed by atoms with Crippen LogP contribution in [0.5, 0.6) is 0 Å². The Balaban J connectivity index is 1.82. The van der Waals surface area contributed by atoms with E-state index in [1.54, 1.807) is 0 Å². The van der Waals surface area contributed by atoms with Gasteiger partial charge in [0.25, 0.3) is 0 Å². The Labute approximate surface area is 84.3 Å². The van der Waals surface area contributed by atoms with Gasteiger partial charge in [0, 0.05) is 11.6 Å². The number of nitrogens with one attached hydrogen (secondary N) is 2. The zero-order valence-electron chi connectivity index (χ0n) is 8.47. The van der Waals surface area contributed by atoms with Gasteiger partial charge in [-0.2, -0.15) is 0 Å². The molecule has 2 heterocycles. The number of aromatic nitrogens is 2. The molecule has 0 saturated carbocycles. The van der Waals surface area contributed by atoms with E-state index in [4.69, 9.17) is 4.98 Å². The second-order valence-electron chi connectivity index (χ2n) is 4.43. The highest BCUT2D eigenvalue weighted by Gasteiger charge is 2.22. The van der Waals surface area contributed by atoms with Gasteiger partial charge in [-0.15, -0.1) is 0 Å². The number of imidazole rings is 1. The van der Waals surface area contributed by atoms with Gasteiger partial charge in [-0.25, -0.2) is 4.98 Å². The summed E-state index contributed by atoms with van der Waals surface area (Å²) >= 11 is 0. The van der Waals surface area contributed by atoms with E-state index in [9.17, 15) is 0 Å². The van der Waals surface area contributed by atoms with E-state index in [2.05, 4.69) is 10.3 Å². The quantitative estimate of drug-likeness (QED) is 0.703. The number of aromatic amines is 1. The number of hydrogen-bond donors (Lipinski definition) is 2. The van der Waals surface area contributed by atoms with Crippen molar-refractivity contribution in [3.63, 3.8) is 0 Å². The van der Waals surface area contributed by atoms with Crippen molar-refractivity contribution >= 4 is 0 Å². The lowest BCUT2D eigenvalue weighted by Crippen LogP contribution is -2.27. The Bertz CT molecular complexity index is 302. The highest BCUT2D eigenvalue weighted by molar-refractivity contribution is 5.21. The van der Waals surface area contributed by atoms with Gasteiger partial charge in [-0.05, 0) is 45.2 Å². The van der Waals surface area contributed by atoms with E-state index in [1.807, 2.05) is 0 Å². The smallest absolute Gasteiger partial charge is 0.109 e. The van der Waals surface area contributed by atoms with Crippen molar-refractivity contribution in [2.45, 2.75) is 38.0 Å². The van der Waals surface area contributed by atoms with E-state index in [-0.39, 0.29) is 0 Å². The molecule has 1 aliphatic heterocycles. The summed E-state index contributed by atoms with van der Waals surface area (Å²) in [5, 5.41) is 3.39. The van der Waals surface area contributed by atoms with Crippen LogP contribution in [0.3, 0.4) is 0 Å². The summed E-state index contributed by atoms with van der Waals surface area (Å²) in [6.07, 6.45) is 6.18. The van der Waals surface area contributed by atoms with Crippen LogP contribution < -0.4 is 5.32 Å². The lowest BCUT2D eigenvalue weighted by molar-refractivity contribution is 0.446. The van der Waals surface area contributed by atoms with Crippen molar-refractivity contribution in [2.75, 3.05) is 13.1 Å². The van der Waals surface area contributed by atoms with E-state index >= 15 is 0 Å². The Morgan fingerprint density at radius 1 is 1.14 bits per heavy atom. The van der Waals surface area contributed by atoms with E-state index in [0.29, 0.717) is 5.92 Å². The second-order valence-corrected chi connectivity index (χ2v) is 4.43. The minimum Gasteiger partial charge on any atom is -0.345 e. The van der Waals surface area contributed by atoms with E-state index < -0.39 is 0 Å². The van der Waals surface area contributed by atoms with Crippen molar-refractivity contribution in [1.82, 2.24) is 15.3 Å². The molecule has 0 atom stereocenters. The molecule has 14 heavy (non-hydrogen) atoms. The number of nitrogens with zero attached hydrogens (tertiary/aromatic N) is 1. The van der Waals surface area contributed by atoms with Gasteiger partial charge < -0.3 is 10.3 Å². The molecule has 3 nitrogen and oxygen atoms in total. The Kier molecular flexibility index (Phi) is 2.05. The number of rotatable bonds is 1. The van der Waals surface area contributed by atoms with Crippen molar-refractivity contribution < 1.29 is 0 Å². The summed E-state index contributed by atoms with van der Waals surface area (Å²) < 4.78 is 0. The third-order valence-electron chi connectivity index (χ3n) is 3.45. The number of fused-ring (bicyclic) bond motifs is 1. The molecule has 0 radical (unpaired) electrons. The first-order valence-corrected chi connectivity index (χ1v) is 5.72. The zero-order valence-corrected chi connectivity index (χ0v) is 8.47. The fraction of sp³-hybridized carbons (Fsp3) is 0.727. The minimum absolute atomic E-state index is 0.682. The Hall–Kier alpha value is -0.830. The lowest BCUT2D eigenvalue weighted by Gasteiger charge is -2.20. The molecule has 0 amide bonds. The van der Waals surface area contributed by atoms with Crippen molar-refractivity contribution in [3.8, 4) is 0 Å². The maximum absolute atomic E-state index is 4.73. The zero-order chi connectivity index (χ0) is 9.38. The molecule has 0 aromatic carbocycles. The maximum atomic E-state index is 4.73.